The fourth-order valence-electron chi connectivity index (χ4n) is 3.09. The Morgan fingerprint density at radius 2 is 2.00 bits per heavy atom. The molecule has 2 aliphatic rings. The van der Waals surface area contributed by atoms with Crippen LogP contribution in [0.25, 0.3) is 0 Å². The molecule has 3 heteroatoms. The maximum atomic E-state index is 9.74. The first-order valence-electron chi connectivity index (χ1n) is 6.27. The molecule has 0 bridgehead atoms. The Morgan fingerprint density at radius 3 is 2.60 bits per heavy atom. The lowest BCUT2D eigenvalue weighted by Gasteiger charge is -2.20. The molecule has 1 N–H and O–H groups in total. The van der Waals surface area contributed by atoms with Gasteiger partial charge in [-0.3, -0.25) is 0 Å². The summed E-state index contributed by atoms with van der Waals surface area (Å²) in [6.45, 7) is 6.35. The molecule has 1 aliphatic carbocycles. The minimum Gasteiger partial charge on any atom is -0.389 e. The molecule has 2 fully saturated rings. The van der Waals surface area contributed by atoms with E-state index < -0.39 is 0 Å². The summed E-state index contributed by atoms with van der Waals surface area (Å²) >= 11 is 0. The Hall–Kier alpha value is -0.120. The van der Waals surface area contributed by atoms with Gasteiger partial charge in [0, 0.05) is 26.2 Å². The molecule has 3 nitrogen and oxygen atoms in total. The van der Waals surface area contributed by atoms with E-state index in [4.69, 9.17) is 4.74 Å². The predicted molar refractivity (Wildman–Crippen MR) is 59.8 cm³/mol. The first-order chi connectivity index (χ1) is 7.29. The Kier molecular flexibility index (Phi) is 4.00. The van der Waals surface area contributed by atoms with Crippen LogP contribution < -0.4 is 0 Å². The lowest BCUT2D eigenvalue weighted by molar-refractivity contribution is 0.0239. The molecule has 1 saturated carbocycles. The van der Waals surface area contributed by atoms with Crippen molar-refractivity contribution in [2.45, 2.75) is 32.3 Å². The number of aliphatic hydroxyl groups excluding tert-OH is 1. The van der Waals surface area contributed by atoms with Gasteiger partial charge in [-0.05, 0) is 31.6 Å². The zero-order valence-electron chi connectivity index (χ0n) is 9.69. The molecule has 0 amide bonds. The molecule has 0 aromatic rings. The molecule has 0 aromatic heterocycles. The van der Waals surface area contributed by atoms with Crippen molar-refractivity contribution >= 4 is 0 Å². The van der Waals surface area contributed by atoms with E-state index in [-0.39, 0.29) is 6.10 Å². The van der Waals surface area contributed by atoms with Crippen molar-refractivity contribution in [1.82, 2.24) is 4.90 Å². The molecule has 0 radical (unpaired) electrons. The second kappa shape index (κ2) is 5.28. The summed E-state index contributed by atoms with van der Waals surface area (Å²) in [4.78, 5) is 2.41. The van der Waals surface area contributed by atoms with Crippen molar-refractivity contribution < 1.29 is 9.84 Å². The number of β-amino-alcohol motifs (C(OH)–C–C–N with tert-alkyl or cyclic N) is 1. The summed E-state index contributed by atoms with van der Waals surface area (Å²) in [6, 6.07) is 0. The minimum absolute atomic E-state index is 0.302. The van der Waals surface area contributed by atoms with Crippen LogP contribution in [-0.2, 0) is 4.74 Å². The second-order valence-electron chi connectivity index (χ2n) is 4.98. The van der Waals surface area contributed by atoms with Gasteiger partial charge >= 0.3 is 0 Å². The first kappa shape index (κ1) is 11.4. The van der Waals surface area contributed by atoms with Crippen LogP contribution in [0.2, 0.25) is 0 Å². The van der Waals surface area contributed by atoms with Crippen LogP contribution in [0.5, 0.6) is 0 Å². The van der Waals surface area contributed by atoms with Gasteiger partial charge in [0.2, 0.25) is 0 Å². The molecule has 15 heavy (non-hydrogen) atoms. The predicted octanol–water partition coefficient (Wildman–Crippen LogP) is 1.12. The Morgan fingerprint density at radius 1 is 1.33 bits per heavy atom. The lowest BCUT2D eigenvalue weighted by atomic mass is 10.0. The van der Waals surface area contributed by atoms with E-state index in [1.165, 1.54) is 32.4 Å². The molecule has 1 saturated heterocycles. The molecule has 0 aromatic carbocycles. The third-order valence-corrected chi connectivity index (χ3v) is 3.79. The van der Waals surface area contributed by atoms with E-state index >= 15 is 0 Å². The van der Waals surface area contributed by atoms with Crippen LogP contribution in [0, 0.1) is 11.8 Å². The average molecular weight is 213 g/mol. The van der Waals surface area contributed by atoms with E-state index in [1.807, 2.05) is 6.92 Å². The number of hydrogen-bond acceptors (Lipinski definition) is 3. The number of likely N-dealkylation sites (tertiary alicyclic amines) is 1. The molecule has 88 valence electrons. The van der Waals surface area contributed by atoms with Crippen LogP contribution >= 0.6 is 0 Å². The van der Waals surface area contributed by atoms with Crippen molar-refractivity contribution in [3.8, 4) is 0 Å². The zero-order valence-corrected chi connectivity index (χ0v) is 9.69. The molecular weight excluding hydrogens is 190 g/mol. The quantitative estimate of drug-likeness (QED) is 0.743. The van der Waals surface area contributed by atoms with Crippen molar-refractivity contribution in [2.75, 3.05) is 32.8 Å². The van der Waals surface area contributed by atoms with Gasteiger partial charge < -0.3 is 14.7 Å². The maximum Gasteiger partial charge on any atom is 0.0900 e. The van der Waals surface area contributed by atoms with E-state index in [0.29, 0.717) is 13.2 Å². The summed E-state index contributed by atoms with van der Waals surface area (Å²) in [6.07, 6.45) is 3.93. The van der Waals surface area contributed by atoms with Crippen LogP contribution in [0.3, 0.4) is 0 Å². The minimum atomic E-state index is -0.302. The number of ether oxygens (including phenoxy) is 1. The second-order valence-corrected chi connectivity index (χ2v) is 4.98. The van der Waals surface area contributed by atoms with Gasteiger partial charge in [0.1, 0.15) is 0 Å². The number of fused-ring (bicyclic) bond motifs is 1. The van der Waals surface area contributed by atoms with E-state index in [0.717, 1.165) is 18.4 Å². The van der Waals surface area contributed by atoms with Crippen molar-refractivity contribution in [3.05, 3.63) is 0 Å². The van der Waals surface area contributed by atoms with Crippen LogP contribution in [-0.4, -0.2) is 49.0 Å². The molecule has 1 aliphatic heterocycles. The Balaban J connectivity index is 1.68. The van der Waals surface area contributed by atoms with Gasteiger partial charge in [-0.15, -0.1) is 0 Å². The highest BCUT2D eigenvalue weighted by Gasteiger charge is 2.36. The first-order valence-corrected chi connectivity index (χ1v) is 6.27. The number of aliphatic hydroxyl groups is 1. The van der Waals surface area contributed by atoms with E-state index in [1.54, 1.807) is 0 Å². The van der Waals surface area contributed by atoms with Crippen LogP contribution in [0.4, 0.5) is 0 Å². The normalized spacial score (nSPS) is 33.2. The summed E-state index contributed by atoms with van der Waals surface area (Å²) in [5, 5.41) is 9.74. The molecule has 1 heterocycles. The smallest absolute Gasteiger partial charge is 0.0900 e. The zero-order chi connectivity index (χ0) is 10.7. The molecule has 0 spiro atoms. The fraction of sp³-hybridized carbons (Fsp3) is 1.00. The Labute approximate surface area is 92.4 Å². The molecule has 2 rings (SSSR count). The summed E-state index contributed by atoms with van der Waals surface area (Å²) < 4.78 is 5.22. The third kappa shape index (κ3) is 2.92. The van der Waals surface area contributed by atoms with Gasteiger partial charge in [-0.25, -0.2) is 0 Å². The average Bonchev–Trinajstić information content (AvgIpc) is 2.74. The number of hydrogen-bond donors (Lipinski definition) is 1. The van der Waals surface area contributed by atoms with Gasteiger partial charge in [0.05, 0.1) is 12.7 Å². The third-order valence-electron chi connectivity index (χ3n) is 3.79. The van der Waals surface area contributed by atoms with E-state index in [2.05, 4.69) is 4.90 Å². The standard InChI is InChI=1S/C12H23NO2/c1-2-15-9-12(14)8-13-6-10-4-3-5-11(10)7-13/h10-12,14H,2-9H2,1H3. The highest BCUT2D eigenvalue weighted by atomic mass is 16.5. The monoisotopic (exact) mass is 213 g/mol. The van der Waals surface area contributed by atoms with Crippen molar-refractivity contribution in [3.63, 3.8) is 0 Å². The largest absolute Gasteiger partial charge is 0.389 e. The summed E-state index contributed by atoms with van der Waals surface area (Å²) in [7, 11) is 0. The van der Waals surface area contributed by atoms with Crippen molar-refractivity contribution in [1.29, 1.82) is 0 Å². The van der Waals surface area contributed by atoms with Gasteiger partial charge in [-0.1, -0.05) is 6.42 Å². The Bertz CT molecular complexity index is 186. The number of nitrogens with zero attached hydrogens (tertiary/aromatic N) is 1. The van der Waals surface area contributed by atoms with Crippen molar-refractivity contribution in [2.24, 2.45) is 11.8 Å². The topological polar surface area (TPSA) is 32.7 Å². The highest BCUT2D eigenvalue weighted by molar-refractivity contribution is 4.88. The molecular formula is C12H23NO2. The summed E-state index contributed by atoms with van der Waals surface area (Å²) in [5.41, 5.74) is 0. The molecule has 3 unspecified atom stereocenters. The number of rotatable bonds is 5. The van der Waals surface area contributed by atoms with Crippen LogP contribution in [0.1, 0.15) is 26.2 Å². The van der Waals surface area contributed by atoms with Crippen LogP contribution in [0.15, 0.2) is 0 Å². The van der Waals surface area contributed by atoms with Gasteiger partial charge in [0.15, 0.2) is 0 Å². The fourth-order valence-corrected chi connectivity index (χ4v) is 3.09. The SMILES string of the molecule is CCOCC(O)CN1CC2CCCC2C1. The molecule has 3 atom stereocenters. The van der Waals surface area contributed by atoms with E-state index in [9.17, 15) is 5.11 Å². The van der Waals surface area contributed by atoms with Gasteiger partial charge in [0.25, 0.3) is 0 Å². The lowest BCUT2D eigenvalue weighted by Crippen LogP contribution is -2.34. The highest BCUT2D eigenvalue weighted by Crippen LogP contribution is 2.37. The summed E-state index contributed by atoms with van der Waals surface area (Å²) in [5.74, 6) is 1.84. The maximum absolute atomic E-state index is 9.74. The van der Waals surface area contributed by atoms with Gasteiger partial charge in [-0.2, -0.15) is 0 Å².